The van der Waals surface area contributed by atoms with Gasteiger partial charge in [0.25, 0.3) is 0 Å². The van der Waals surface area contributed by atoms with Gasteiger partial charge in [-0.2, -0.15) is 0 Å². The maximum Gasteiger partial charge on any atom is 0.232 e. The maximum atomic E-state index is 11.2. The molecule has 0 fully saturated rings. The Morgan fingerprint density at radius 2 is 1.92 bits per heavy atom. The van der Waals surface area contributed by atoms with Crippen LogP contribution in [0.5, 0.6) is 0 Å². The zero-order chi connectivity index (χ0) is 9.84. The monoisotopic (exact) mass is 198 g/mol. The van der Waals surface area contributed by atoms with Crippen LogP contribution in [0.3, 0.4) is 0 Å². The molecule has 3 nitrogen and oxygen atoms in total. The zero-order valence-electron chi connectivity index (χ0n) is 6.66. The lowest BCUT2D eigenvalue weighted by Gasteiger charge is -1.99. The van der Waals surface area contributed by atoms with Crippen LogP contribution in [0.1, 0.15) is 10.4 Å². The summed E-state index contributed by atoms with van der Waals surface area (Å²) in [5.74, 6) is -1.61. The van der Waals surface area contributed by atoms with Crippen molar-refractivity contribution in [3.63, 3.8) is 0 Å². The molecule has 1 aromatic carbocycles. The van der Waals surface area contributed by atoms with Gasteiger partial charge in [-0.05, 0) is 12.1 Å². The number of carbonyl (C=O) groups is 2. The van der Waals surface area contributed by atoms with Gasteiger partial charge < -0.3 is 5.11 Å². The molecule has 13 heavy (non-hydrogen) atoms. The quantitative estimate of drug-likeness (QED) is 0.584. The molecule has 1 aromatic rings. The number of Topliss-reactive ketones (excluding diaryl/α,β-unsaturated/α-hetero) is 2. The molecular weight excluding hydrogens is 192 g/mol. The van der Waals surface area contributed by atoms with Gasteiger partial charge in [-0.3, -0.25) is 9.59 Å². The van der Waals surface area contributed by atoms with E-state index in [0.29, 0.717) is 0 Å². The molecule has 0 heterocycles. The fraction of sp³-hybridized carbons (Fsp3) is 0.111. The van der Waals surface area contributed by atoms with Crippen molar-refractivity contribution < 1.29 is 14.7 Å². The zero-order valence-corrected chi connectivity index (χ0v) is 7.41. The van der Waals surface area contributed by atoms with Gasteiger partial charge in [-0.25, -0.2) is 0 Å². The second-order valence-electron chi connectivity index (χ2n) is 2.39. The van der Waals surface area contributed by atoms with E-state index in [1.165, 1.54) is 12.1 Å². The molecule has 0 radical (unpaired) electrons. The molecule has 0 atom stereocenters. The van der Waals surface area contributed by atoms with Gasteiger partial charge in [0, 0.05) is 5.56 Å². The molecule has 1 N–H and O–H groups in total. The molecule has 0 bridgehead atoms. The van der Waals surface area contributed by atoms with E-state index in [-0.39, 0.29) is 10.6 Å². The first-order chi connectivity index (χ1) is 6.16. The van der Waals surface area contributed by atoms with Gasteiger partial charge in [0.1, 0.15) is 6.61 Å². The van der Waals surface area contributed by atoms with Crippen molar-refractivity contribution in [1.29, 1.82) is 0 Å². The number of benzene rings is 1. The van der Waals surface area contributed by atoms with Gasteiger partial charge in [-0.1, -0.05) is 23.7 Å². The topological polar surface area (TPSA) is 54.4 Å². The van der Waals surface area contributed by atoms with Crippen LogP contribution < -0.4 is 0 Å². The number of ketones is 2. The van der Waals surface area contributed by atoms with Crippen molar-refractivity contribution in [2.24, 2.45) is 0 Å². The van der Waals surface area contributed by atoms with Crippen molar-refractivity contribution in [2.75, 3.05) is 6.61 Å². The minimum atomic E-state index is -0.854. The van der Waals surface area contributed by atoms with Crippen molar-refractivity contribution in [2.45, 2.75) is 0 Å². The molecule has 4 heteroatoms. The molecule has 0 saturated heterocycles. The maximum absolute atomic E-state index is 11.2. The fourth-order valence-electron chi connectivity index (χ4n) is 0.867. The highest BCUT2D eigenvalue weighted by Crippen LogP contribution is 2.15. The molecule has 68 valence electrons. The standard InChI is InChI=1S/C9H7ClO3/c10-7-4-2-1-3-6(7)9(13)8(12)5-11/h1-4,11H,5H2. The largest absolute Gasteiger partial charge is 0.388 e. The van der Waals surface area contributed by atoms with E-state index >= 15 is 0 Å². The Labute approximate surface area is 79.9 Å². The van der Waals surface area contributed by atoms with Crippen LogP contribution in [-0.2, 0) is 4.79 Å². The summed E-state index contributed by atoms with van der Waals surface area (Å²) >= 11 is 5.67. The summed E-state index contributed by atoms with van der Waals surface area (Å²) < 4.78 is 0. The Bertz CT molecular complexity index is 346. The molecule has 0 saturated carbocycles. The Morgan fingerprint density at radius 3 is 2.46 bits per heavy atom. The predicted molar refractivity (Wildman–Crippen MR) is 47.9 cm³/mol. The van der Waals surface area contributed by atoms with Gasteiger partial charge in [0.15, 0.2) is 0 Å². The molecule has 0 aliphatic heterocycles. The Hall–Kier alpha value is -1.19. The number of hydrogen-bond donors (Lipinski definition) is 1. The van der Waals surface area contributed by atoms with E-state index in [0.717, 1.165) is 0 Å². The van der Waals surface area contributed by atoms with Crippen LogP contribution in [0.4, 0.5) is 0 Å². The summed E-state index contributed by atoms with van der Waals surface area (Å²) in [6.07, 6.45) is 0. The summed E-state index contributed by atoms with van der Waals surface area (Å²) in [5.41, 5.74) is 0.128. The molecule has 0 unspecified atom stereocenters. The average Bonchev–Trinajstić information content (AvgIpc) is 2.16. The third-order valence-corrected chi connectivity index (χ3v) is 1.84. The lowest BCUT2D eigenvalue weighted by molar-refractivity contribution is -0.117. The van der Waals surface area contributed by atoms with E-state index in [4.69, 9.17) is 16.7 Å². The second kappa shape index (κ2) is 4.16. The number of halogens is 1. The fourth-order valence-corrected chi connectivity index (χ4v) is 1.09. The summed E-state index contributed by atoms with van der Waals surface area (Å²) in [6.45, 7) is -0.788. The van der Waals surface area contributed by atoms with Crippen LogP contribution in [0, 0.1) is 0 Å². The average molecular weight is 199 g/mol. The van der Waals surface area contributed by atoms with Crippen LogP contribution in [0.15, 0.2) is 24.3 Å². The number of rotatable bonds is 3. The first-order valence-corrected chi connectivity index (χ1v) is 3.97. The normalized spacial score (nSPS) is 9.69. The third kappa shape index (κ3) is 2.14. The van der Waals surface area contributed by atoms with E-state index in [9.17, 15) is 9.59 Å². The Balaban J connectivity index is 3.02. The molecule has 0 spiro atoms. The van der Waals surface area contributed by atoms with Crippen molar-refractivity contribution in [1.82, 2.24) is 0 Å². The van der Waals surface area contributed by atoms with Crippen molar-refractivity contribution in [3.05, 3.63) is 34.9 Å². The number of hydrogen-bond acceptors (Lipinski definition) is 3. The third-order valence-electron chi connectivity index (χ3n) is 1.52. The smallest absolute Gasteiger partial charge is 0.232 e. The summed E-state index contributed by atoms with van der Waals surface area (Å²) in [6, 6.07) is 6.21. The van der Waals surface area contributed by atoms with Crippen LogP contribution in [-0.4, -0.2) is 23.3 Å². The first kappa shape index (κ1) is 9.89. The Morgan fingerprint density at radius 1 is 1.31 bits per heavy atom. The molecule has 0 aliphatic rings. The van der Waals surface area contributed by atoms with Gasteiger partial charge in [0.2, 0.25) is 11.6 Å². The number of aliphatic hydroxyl groups excluding tert-OH is 1. The minimum absolute atomic E-state index is 0.128. The predicted octanol–water partition coefficient (Wildman–Crippen LogP) is 1.08. The van der Waals surface area contributed by atoms with E-state index in [1.54, 1.807) is 12.1 Å². The highest BCUT2D eigenvalue weighted by Gasteiger charge is 2.16. The first-order valence-electron chi connectivity index (χ1n) is 3.59. The lowest BCUT2D eigenvalue weighted by Crippen LogP contribution is -2.17. The highest BCUT2D eigenvalue weighted by atomic mass is 35.5. The van der Waals surface area contributed by atoms with Crippen LogP contribution in [0.25, 0.3) is 0 Å². The van der Waals surface area contributed by atoms with E-state index < -0.39 is 18.2 Å². The number of carbonyl (C=O) groups excluding carboxylic acids is 2. The highest BCUT2D eigenvalue weighted by molar-refractivity contribution is 6.47. The van der Waals surface area contributed by atoms with Gasteiger partial charge in [0.05, 0.1) is 5.02 Å². The summed E-state index contributed by atoms with van der Waals surface area (Å²) in [4.78, 5) is 22.0. The molecule has 0 aromatic heterocycles. The van der Waals surface area contributed by atoms with E-state index in [1.807, 2.05) is 0 Å². The summed E-state index contributed by atoms with van der Waals surface area (Å²) in [7, 11) is 0. The van der Waals surface area contributed by atoms with Gasteiger partial charge >= 0.3 is 0 Å². The molecule has 0 amide bonds. The summed E-state index contributed by atoms with van der Waals surface area (Å²) in [5, 5.41) is 8.66. The minimum Gasteiger partial charge on any atom is -0.388 e. The van der Waals surface area contributed by atoms with Crippen LogP contribution >= 0.6 is 11.6 Å². The van der Waals surface area contributed by atoms with E-state index in [2.05, 4.69) is 0 Å². The van der Waals surface area contributed by atoms with Crippen LogP contribution in [0.2, 0.25) is 5.02 Å². The Kier molecular flexibility index (Phi) is 3.17. The number of aliphatic hydroxyl groups is 1. The van der Waals surface area contributed by atoms with Crippen molar-refractivity contribution in [3.8, 4) is 0 Å². The van der Waals surface area contributed by atoms with Crippen molar-refractivity contribution >= 4 is 23.2 Å². The SMILES string of the molecule is O=C(CO)C(=O)c1ccccc1Cl. The van der Waals surface area contributed by atoms with Gasteiger partial charge in [-0.15, -0.1) is 0 Å². The molecular formula is C9H7ClO3. The molecule has 1 rings (SSSR count). The molecule has 0 aliphatic carbocycles. The second-order valence-corrected chi connectivity index (χ2v) is 2.80. The lowest BCUT2D eigenvalue weighted by atomic mass is 10.1.